The van der Waals surface area contributed by atoms with Gasteiger partial charge in [-0.15, -0.1) is 10.2 Å². The standard InChI is InChI=1S/C17H25N7O/c1-17(2)7-10-24(12-17)11-9-18-16(25)20-15-5-4-13(21-22-15)14-6-8-19-23(14)3/h4-6,8H,7,9-12H2,1-3H3,(H2,18,20,22,25). The zero-order valence-corrected chi connectivity index (χ0v) is 15.0. The molecule has 3 rings (SSSR count). The maximum absolute atomic E-state index is 12.0. The molecule has 1 aliphatic heterocycles. The van der Waals surface area contributed by atoms with Crippen molar-refractivity contribution in [3.8, 4) is 11.4 Å². The zero-order valence-electron chi connectivity index (χ0n) is 15.0. The minimum atomic E-state index is -0.263. The molecular formula is C17H25N7O. The van der Waals surface area contributed by atoms with Crippen molar-refractivity contribution in [1.29, 1.82) is 0 Å². The fourth-order valence-electron chi connectivity index (χ4n) is 3.06. The van der Waals surface area contributed by atoms with Crippen molar-refractivity contribution < 1.29 is 4.79 Å². The van der Waals surface area contributed by atoms with E-state index in [2.05, 4.69) is 44.7 Å². The van der Waals surface area contributed by atoms with E-state index in [0.717, 1.165) is 25.3 Å². The molecule has 0 aliphatic carbocycles. The van der Waals surface area contributed by atoms with Crippen LogP contribution in [0.25, 0.3) is 11.4 Å². The number of carbonyl (C=O) groups excluding carboxylic acids is 1. The quantitative estimate of drug-likeness (QED) is 0.863. The molecular weight excluding hydrogens is 318 g/mol. The molecule has 0 radical (unpaired) electrons. The average Bonchev–Trinajstić information content (AvgIpc) is 3.13. The fraction of sp³-hybridized carbons (Fsp3) is 0.529. The van der Waals surface area contributed by atoms with Gasteiger partial charge < -0.3 is 10.2 Å². The first-order valence-corrected chi connectivity index (χ1v) is 8.52. The van der Waals surface area contributed by atoms with Gasteiger partial charge in [-0.3, -0.25) is 10.00 Å². The molecule has 2 amide bonds. The first-order valence-electron chi connectivity index (χ1n) is 8.52. The zero-order chi connectivity index (χ0) is 17.9. The van der Waals surface area contributed by atoms with E-state index in [1.165, 1.54) is 6.42 Å². The normalized spacial score (nSPS) is 16.8. The van der Waals surface area contributed by atoms with Crippen LogP contribution in [0, 0.1) is 5.41 Å². The van der Waals surface area contributed by atoms with Gasteiger partial charge in [0.1, 0.15) is 5.69 Å². The van der Waals surface area contributed by atoms with Crippen molar-refractivity contribution in [2.75, 3.05) is 31.5 Å². The molecule has 2 N–H and O–H groups in total. The summed E-state index contributed by atoms with van der Waals surface area (Å²) in [5.41, 5.74) is 1.97. The van der Waals surface area contributed by atoms with Gasteiger partial charge in [0, 0.05) is 32.9 Å². The van der Waals surface area contributed by atoms with Gasteiger partial charge in [0.25, 0.3) is 0 Å². The van der Waals surface area contributed by atoms with Crippen LogP contribution in [0.4, 0.5) is 10.6 Å². The molecule has 2 aromatic rings. The van der Waals surface area contributed by atoms with E-state index < -0.39 is 0 Å². The minimum Gasteiger partial charge on any atom is -0.337 e. The average molecular weight is 343 g/mol. The van der Waals surface area contributed by atoms with E-state index in [4.69, 9.17) is 0 Å². The Balaban J connectivity index is 1.44. The van der Waals surface area contributed by atoms with Crippen LogP contribution < -0.4 is 10.6 Å². The molecule has 1 saturated heterocycles. The lowest BCUT2D eigenvalue weighted by Gasteiger charge is -2.19. The van der Waals surface area contributed by atoms with Gasteiger partial charge in [0.2, 0.25) is 0 Å². The lowest BCUT2D eigenvalue weighted by molar-refractivity contribution is 0.247. The third-order valence-corrected chi connectivity index (χ3v) is 4.46. The molecule has 0 unspecified atom stereocenters. The highest BCUT2D eigenvalue weighted by Gasteiger charge is 2.28. The molecule has 0 saturated carbocycles. The van der Waals surface area contributed by atoms with Crippen LogP contribution in [0.5, 0.6) is 0 Å². The fourth-order valence-corrected chi connectivity index (χ4v) is 3.06. The van der Waals surface area contributed by atoms with E-state index in [1.807, 2.05) is 19.2 Å². The Morgan fingerprint density at radius 3 is 2.72 bits per heavy atom. The second-order valence-electron chi connectivity index (χ2n) is 7.22. The predicted octanol–water partition coefficient (Wildman–Crippen LogP) is 1.73. The van der Waals surface area contributed by atoms with Crippen molar-refractivity contribution in [3.63, 3.8) is 0 Å². The maximum atomic E-state index is 12.0. The van der Waals surface area contributed by atoms with E-state index in [1.54, 1.807) is 16.9 Å². The van der Waals surface area contributed by atoms with Gasteiger partial charge in [-0.05, 0) is 36.6 Å². The number of aryl methyl sites for hydroxylation is 1. The summed E-state index contributed by atoms with van der Waals surface area (Å²) in [4.78, 5) is 14.3. The third kappa shape index (κ3) is 4.54. The molecule has 0 atom stereocenters. The summed E-state index contributed by atoms with van der Waals surface area (Å²) in [6, 6.07) is 5.15. The summed E-state index contributed by atoms with van der Waals surface area (Å²) in [6.07, 6.45) is 2.91. The lowest BCUT2D eigenvalue weighted by Crippen LogP contribution is -2.36. The molecule has 0 bridgehead atoms. The number of rotatable bonds is 5. The number of nitrogens with zero attached hydrogens (tertiary/aromatic N) is 5. The van der Waals surface area contributed by atoms with Gasteiger partial charge in [0.15, 0.2) is 5.82 Å². The molecule has 2 aromatic heterocycles. The van der Waals surface area contributed by atoms with E-state index in [0.29, 0.717) is 23.5 Å². The van der Waals surface area contributed by atoms with E-state index in [9.17, 15) is 4.79 Å². The second kappa shape index (κ2) is 7.18. The molecule has 1 fully saturated rings. The number of amides is 2. The molecule has 3 heterocycles. The number of likely N-dealkylation sites (tertiary alicyclic amines) is 1. The Morgan fingerprint density at radius 2 is 2.12 bits per heavy atom. The van der Waals surface area contributed by atoms with Crippen LogP contribution in [0.1, 0.15) is 20.3 Å². The number of urea groups is 1. The Morgan fingerprint density at radius 1 is 1.28 bits per heavy atom. The number of anilines is 1. The number of nitrogens with one attached hydrogen (secondary N) is 2. The largest absolute Gasteiger partial charge is 0.337 e. The van der Waals surface area contributed by atoms with Crippen molar-refractivity contribution in [2.45, 2.75) is 20.3 Å². The van der Waals surface area contributed by atoms with Crippen molar-refractivity contribution in [2.24, 2.45) is 12.5 Å². The predicted molar refractivity (Wildman–Crippen MR) is 96.1 cm³/mol. The van der Waals surface area contributed by atoms with Crippen LogP contribution in [-0.4, -0.2) is 57.1 Å². The lowest BCUT2D eigenvalue weighted by atomic mass is 9.93. The first kappa shape index (κ1) is 17.3. The van der Waals surface area contributed by atoms with Crippen molar-refractivity contribution in [1.82, 2.24) is 30.2 Å². The number of aromatic nitrogens is 4. The Labute approximate surface area is 147 Å². The summed E-state index contributed by atoms with van der Waals surface area (Å²) in [5, 5.41) is 17.9. The van der Waals surface area contributed by atoms with Gasteiger partial charge in [-0.25, -0.2) is 4.79 Å². The number of carbonyl (C=O) groups is 1. The van der Waals surface area contributed by atoms with Crippen LogP contribution in [0.2, 0.25) is 0 Å². The topological polar surface area (TPSA) is 88.0 Å². The monoisotopic (exact) mass is 343 g/mol. The summed E-state index contributed by atoms with van der Waals surface area (Å²) >= 11 is 0. The van der Waals surface area contributed by atoms with Crippen LogP contribution in [-0.2, 0) is 7.05 Å². The van der Waals surface area contributed by atoms with Gasteiger partial charge >= 0.3 is 6.03 Å². The minimum absolute atomic E-state index is 0.263. The second-order valence-corrected chi connectivity index (χ2v) is 7.22. The van der Waals surface area contributed by atoms with Gasteiger partial charge in [-0.1, -0.05) is 13.8 Å². The van der Waals surface area contributed by atoms with Gasteiger partial charge in [-0.2, -0.15) is 5.10 Å². The van der Waals surface area contributed by atoms with Gasteiger partial charge in [0.05, 0.1) is 5.69 Å². The van der Waals surface area contributed by atoms with Crippen molar-refractivity contribution in [3.05, 3.63) is 24.4 Å². The van der Waals surface area contributed by atoms with Crippen molar-refractivity contribution >= 4 is 11.8 Å². The molecule has 8 nitrogen and oxygen atoms in total. The summed E-state index contributed by atoms with van der Waals surface area (Å²) in [6.45, 7) is 8.21. The molecule has 134 valence electrons. The Kier molecular flexibility index (Phi) is 4.98. The highest BCUT2D eigenvalue weighted by Crippen LogP contribution is 2.28. The Hall–Kier alpha value is -2.48. The number of hydrogen-bond donors (Lipinski definition) is 2. The molecule has 25 heavy (non-hydrogen) atoms. The SMILES string of the molecule is Cn1nccc1-c1ccc(NC(=O)NCCN2CCC(C)(C)C2)nn1. The summed E-state index contributed by atoms with van der Waals surface area (Å²) in [5.74, 6) is 0.422. The van der Waals surface area contributed by atoms with Crippen LogP contribution in [0.3, 0.4) is 0 Å². The number of hydrogen-bond acceptors (Lipinski definition) is 5. The smallest absolute Gasteiger partial charge is 0.320 e. The molecule has 0 spiro atoms. The summed E-state index contributed by atoms with van der Waals surface area (Å²) < 4.78 is 1.73. The van der Waals surface area contributed by atoms with E-state index >= 15 is 0 Å². The van der Waals surface area contributed by atoms with E-state index in [-0.39, 0.29) is 6.03 Å². The van der Waals surface area contributed by atoms with Crippen LogP contribution in [0.15, 0.2) is 24.4 Å². The van der Waals surface area contributed by atoms with Crippen LogP contribution >= 0.6 is 0 Å². The summed E-state index contributed by atoms with van der Waals surface area (Å²) in [7, 11) is 1.85. The highest BCUT2D eigenvalue weighted by atomic mass is 16.2. The Bertz CT molecular complexity index is 723. The first-order chi connectivity index (χ1) is 11.9. The molecule has 1 aliphatic rings. The highest BCUT2D eigenvalue weighted by molar-refractivity contribution is 5.88. The maximum Gasteiger partial charge on any atom is 0.320 e. The molecule has 8 heteroatoms. The molecule has 0 aromatic carbocycles. The third-order valence-electron chi connectivity index (χ3n) is 4.46.